The SMILES string of the molecule is CCCC(CNC(=O)c1cc(NC(=O)OCC2c3ccccc3-c3ccccc32)on1)C(=O)O. The van der Waals surface area contributed by atoms with E-state index in [9.17, 15) is 19.5 Å². The third-order valence-corrected chi connectivity index (χ3v) is 5.81. The molecule has 0 saturated heterocycles. The van der Waals surface area contributed by atoms with Gasteiger partial charge >= 0.3 is 12.1 Å². The van der Waals surface area contributed by atoms with Crippen molar-refractivity contribution < 1.29 is 28.8 Å². The van der Waals surface area contributed by atoms with Crippen LogP contribution in [-0.4, -0.2) is 41.4 Å². The van der Waals surface area contributed by atoms with E-state index in [0.29, 0.717) is 12.8 Å². The summed E-state index contributed by atoms with van der Waals surface area (Å²) in [6.45, 7) is 1.98. The molecule has 176 valence electrons. The number of ether oxygens (including phenoxy) is 1. The number of aliphatic carboxylic acids is 1. The quantitative estimate of drug-likeness (QED) is 0.432. The zero-order chi connectivity index (χ0) is 24.1. The lowest BCUT2D eigenvalue weighted by atomic mass is 9.98. The van der Waals surface area contributed by atoms with Crippen LogP contribution >= 0.6 is 0 Å². The van der Waals surface area contributed by atoms with E-state index in [2.05, 4.69) is 27.9 Å². The zero-order valence-corrected chi connectivity index (χ0v) is 18.6. The number of carbonyl (C=O) groups excluding carboxylic acids is 2. The molecule has 1 unspecified atom stereocenters. The average molecular weight is 463 g/mol. The predicted molar refractivity (Wildman–Crippen MR) is 124 cm³/mol. The number of aromatic nitrogens is 1. The second-order valence-electron chi connectivity index (χ2n) is 8.06. The number of rotatable bonds is 9. The Bertz CT molecular complexity index is 1160. The molecular formula is C25H25N3O6. The normalized spacial score (nSPS) is 13.0. The van der Waals surface area contributed by atoms with E-state index in [0.717, 1.165) is 22.3 Å². The Labute approximate surface area is 196 Å². The molecule has 0 aliphatic heterocycles. The van der Waals surface area contributed by atoms with E-state index in [-0.39, 0.29) is 30.6 Å². The maximum atomic E-state index is 12.3. The first-order valence-corrected chi connectivity index (χ1v) is 11.1. The largest absolute Gasteiger partial charge is 0.481 e. The summed E-state index contributed by atoms with van der Waals surface area (Å²) in [6.07, 6.45) is 0.396. The van der Waals surface area contributed by atoms with Gasteiger partial charge in [0.2, 0.25) is 5.88 Å². The van der Waals surface area contributed by atoms with E-state index < -0.39 is 23.9 Å². The van der Waals surface area contributed by atoms with Crippen LogP contribution in [0.15, 0.2) is 59.1 Å². The molecule has 0 saturated carbocycles. The second kappa shape index (κ2) is 10.2. The van der Waals surface area contributed by atoms with E-state index in [1.165, 1.54) is 6.07 Å². The predicted octanol–water partition coefficient (Wildman–Crippen LogP) is 4.27. The number of nitrogens with zero attached hydrogens (tertiary/aromatic N) is 1. The third kappa shape index (κ3) is 4.93. The number of benzene rings is 2. The lowest BCUT2D eigenvalue weighted by molar-refractivity contribution is -0.141. The van der Waals surface area contributed by atoms with Crippen LogP contribution in [0.5, 0.6) is 0 Å². The number of nitrogens with one attached hydrogen (secondary N) is 2. The molecule has 9 heteroatoms. The van der Waals surface area contributed by atoms with Gasteiger partial charge in [0.1, 0.15) is 6.61 Å². The third-order valence-electron chi connectivity index (χ3n) is 5.81. The zero-order valence-electron chi connectivity index (χ0n) is 18.6. The Morgan fingerprint density at radius 3 is 2.35 bits per heavy atom. The fourth-order valence-electron chi connectivity index (χ4n) is 4.14. The van der Waals surface area contributed by atoms with Gasteiger partial charge in [-0.3, -0.25) is 14.9 Å². The maximum Gasteiger partial charge on any atom is 0.414 e. The van der Waals surface area contributed by atoms with Crippen LogP contribution in [0.25, 0.3) is 11.1 Å². The van der Waals surface area contributed by atoms with Gasteiger partial charge in [-0.1, -0.05) is 67.0 Å². The summed E-state index contributed by atoms with van der Waals surface area (Å²) >= 11 is 0. The lowest BCUT2D eigenvalue weighted by Gasteiger charge is -2.13. The average Bonchev–Trinajstić information content (AvgIpc) is 3.43. The molecule has 2 amide bonds. The number of carboxylic acid groups (broad SMARTS) is 1. The Balaban J connectivity index is 1.33. The summed E-state index contributed by atoms with van der Waals surface area (Å²) in [5.41, 5.74) is 4.37. The van der Waals surface area contributed by atoms with Gasteiger partial charge in [-0.15, -0.1) is 0 Å². The molecule has 1 aromatic heterocycles. The molecule has 2 aromatic carbocycles. The van der Waals surface area contributed by atoms with Gasteiger partial charge in [-0.2, -0.15) is 0 Å². The van der Waals surface area contributed by atoms with Gasteiger partial charge in [-0.05, 0) is 28.7 Å². The number of fused-ring (bicyclic) bond motifs is 3. The van der Waals surface area contributed by atoms with Crippen LogP contribution in [0.1, 0.15) is 47.3 Å². The highest BCUT2D eigenvalue weighted by molar-refractivity contribution is 5.94. The van der Waals surface area contributed by atoms with Gasteiger partial charge in [0, 0.05) is 18.5 Å². The van der Waals surface area contributed by atoms with Crippen LogP contribution in [0.2, 0.25) is 0 Å². The van der Waals surface area contributed by atoms with Gasteiger partial charge in [0.05, 0.1) is 5.92 Å². The fraction of sp³-hybridized carbons (Fsp3) is 0.280. The smallest absolute Gasteiger partial charge is 0.414 e. The minimum Gasteiger partial charge on any atom is -0.481 e. The first-order chi connectivity index (χ1) is 16.5. The number of amides is 2. The molecule has 1 atom stereocenters. The molecule has 0 fully saturated rings. The standard InChI is InChI=1S/C25H25N3O6/c1-2-7-15(24(30)31)13-26-23(29)21-12-22(34-28-21)27-25(32)33-14-20-18-10-5-3-8-16(18)17-9-4-6-11-19(17)20/h3-6,8-12,15,20H,2,7,13-14H2,1H3,(H,26,29)(H,27,32)(H,30,31). The molecule has 1 aliphatic carbocycles. The number of anilines is 1. The molecule has 1 heterocycles. The van der Waals surface area contributed by atoms with Crippen molar-refractivity contribution in [2.45, 2.75) is 25.7 Å². The Hall–Kier alpha value is -4.14. The molecule has 34 heavy (non-hydrogen) atoms. The Kier molecular flexibility index (Phi) is 6.91. The van der Waals surface area contributed by atoms with Crippen molar-refractivity contribution in [1.82, 2.24) is 10.5 Å². The van der Waals surface area contributed by atoms with Crippen molar-refractivity contribution in [1.29, 1.82) is 0 Å². The highest BCUT2D eigenvalue weighted by Crippen LogP contribution is 2.44. The lowest BCUT2D eigenvalue weighted by Crippen LogP contribution is -2.33. The summed E-state index contributed by atoms with van der Waals surface area (Å²) in [5, 5.41) is 17.8. The monoisotopic (exact) mass is 463 g/mol. The summed E-state index contributed by atoms with van der Waals surface area (Å²) in [4.78, 5) is 35.8. The van der Waals surface area contributed by atoms with Crippen molar-refractivity contribution in [2.75, 3.05) is 18.5 Å². The first kappa shape index (κ1) is 23.0. The van der Waals surface area contributed by atoms with Crippen molar-refractivity contribution in [3.05, 3.63) is 71.4 Å². The van der Waals surface area contributed by atoms with Crippen LogP contribution in [0.4, 0.5) is 10.7 Å². The van der Waals surface area contributed by atoms with Crippen molar-refractivity contribution >= 4 is 23.9 Å². The maximum absolute atomic E-state index is 12.3. The molecule has 3 aromatic rings. The van der Waals surface area contributed by atoms with Crippen LogP contribution < -0.4 is 10.6 Å². The second-order valence-corrected chi connectivity index (χ2v) is 8.06. The minimum absolute atomic E-state index is 0.0238. The van der Waals surface area contributed by atoms with Crippen molar-refractivity contribution in [3.63, 3.8) is 0 Å². The topological polar surface area (TPSA) is 131 Å². The Morgan fingerprint density at radius 2 is 1.74 bits per heavy atom. The van der Waals surface area contributed by atoms with E-state index in [4.69, 9.17) is 9.26 Å². The summed E-state index contributed by atoms with van der Waals surface area (Å²) < 4.78 is 10.4. The number of carbonyl (C=O) groups is 3. The molecule has 9 nitrogen and oxygen atoms in total. The molecule has 0 radical (unpaired) electrons. The van der Waals surface area contributed by atoms with Gasteiger partial charge < -0.3 is 19.7 Å². The molecule has 0 spiro atoms. The van der Waals surface area contributed by atoms with Gasteiger partial charge in [-0.25, -0.2) is 4.79 Å². The van der Waals surface area contributed by atoms with Crippen LogP contribution in [0.3, 0.4) is 0 Å². The Morgan fingerprint density at radius 1 is 1.09 bits per heavy atom. The summed E-state index contributed by atoms with van der Waals surface area (Å²) in [5.74, 6) is -2.38. The van der Waals surface area contributed by atoms with Crippen molar-refractivity contribution in [2.24, 2.45) is 5.92 Å². The number of carboxylic acids is 1. The van der Waals surface area contributed by atoms with Gasteiger partial charge in [0.25, 0.3) is 5.91 Å². The fourth-order valence-corrected chi connectivity index (χ4v) is 4.14. The van der Waals surface area contributed by atoms with Crippen molar-refractivity contribution in [3.8, 4) is 11.1 Å². The van der Waals surface area contributed by atoms with Crippen LogP contribution in [0, 0.1) is 5.92 Å². The van der Waals surface area contributed by atoms with E-state index in [1.807, 2.05) is 43.3 Å². The highest BCUT2D eigenvalue weighted by Gasteiger charge is 2.29. The van der Waals surface area contributed by atoms with E-state index in [1.54, 1.807) is 0 Å². The summed E-state index contributed by atoms with van der Waals surface area (Å²) in [6, 6.07) is 17.3. The van der Waals surface area contributed by atoms with E-state index >= 15 is 0 Å². The number of hydrogen-bond acceptors (Lipinski definition) is 6. The number of hydrogen-bond donors (Lipinski definition) is 3. The van der Waals surface area contributed by atoms with Gasteiger partial charge in [0.15, 0.2) is 5.69 Å². The molecule has 1 aliphatic rings. The minimum atomic E-state index is -0.972. The molecule has 0 bridgehead atoms. The molecular weight excluding hydrogens is 438 g/mol. The molecule has 3 N–H and O–H groups in total. The first-order valence-electron chi connectivity index (χ1n) is 11.1. The molecule has 4 rings (SSSR count). The highest BCUT2D eigenvalue weighted by atomic mass is 16.6. The summed E-state index contributed by atoms with van der Waals surface area (Å²) in [7, 11) is 0. The van der Waals surface area contributed by atoms with Crippen LogP contribution in [-0.2, 0) is 9.53 Å².